The normalized spacial score (nSPS) is 12.6. The van der Waals surface area contributed by atoms with E-state index in [2.05, 4.69) is 69.4 Å². The molecule has 0 aliphatic carbocycles. The number of carbonyl (C=O) groups excluding carboxylic acids is 2. The molecule has 1 unspecified atom stereocenters. The van der Waals surface area contributed by atoms with Gasteiger partial charge in [-0.3, -0.25) is 9.59 Å². The zero-order chi connectivity index (χ0) is 39.3. The van der Waals surface area contributed by atoms with E-state index in [1.54, 1.807) is 0 Å². The highest BCUT2D eigenvalue weighted by Gasteiger charge is 2.17. The van der Waals surface area contributed by atoms with Gasteiger partial charge in [-0.2, -0.15) is 0 Å². The minimum atomic E-state index is -0.534. The zero-order valence-corrected chi connectivity index (χ0v) is 36.0. The maximum absolute atomic E-state index is 12.7. The van der Waals surface area contributed by atoms with Crippen molar-refractivity contribution < 1.29 is 23.8 Å². The molecule has 1 atom stereocenters. The largest absolute Gasteiger partial charge is 0.462 e. The molecule has 5 nitrogen and oxygen atoms in total. The van der Waals surface area contributed by atoms with E-state index in [0.717, 1.165) is 64.2 Å². The Morgan fingerprint density at radius 1 is 0.426 bits per heavy atom. The fourth-order valence-corrected chi connectivity index (χ4v) is 6.44. The average Bonchev–Trinajstić information content (AvgIpc) is 3.17. The first-order valence-corrected chi connectivity index (χ1v) is 23.2. The summed E-state index contributed by atoms with van der Waals surface area (Å²) in [7, 11) is 0. The summed E-state index contributed by atoms with van der Waals surface area (Å²) in [6.45, 7) is 7.67. The van der Waals surface area contributed by atoms with Gasteiger partial charge in [-0.25, -0.2) is 0 Å². The molecule has 0 amide bonds. The summed E-state index contributed by atoms with van der Waals surface area (Å²) in [4.78, 5) is 25.1. The SMILES string of the molecule is CC/C=C\C/C=C\C/C=C\C/C=C\CCCCCCCCCOCC(COC(=O)CCCCCCCCCCC)OC(=O)CCCCCCCCCCC. The van der Waals surface area contributed by atoms with Gasteiger partial charge in [-0.15, -0.1) is 0 Å². The summed E-state index contributed by atoms with van der Waals surface area (Å²) < 4.78 is 17.3. The van der Waals surface area contributed by atoms with Crippen LogP contribution in [0.5, 0.6) is 0 Å². The van der Waals surface area contributed by atoms with Gasteiger partial charge in [0.2, 0.25) is 0 Å². The highest BCUT2D eigenvalue weighted by atomic mass is 16.6. The van der Waals surface area contributed by atoms with Crippen molar-refractivity contribution in [1.29, 1.82) is 0 Å². The van der Waals surface area contributed by atoms with Gasteiger partial charge < -0.3 is 14.2 Å². The fraction of sp³-hybridized carbons (Fsp3) is 0.796. The Hall–Kier alpha value is -2.14. The van der Waals surface area contributed by atoms with Crippen LogP contribution in [0, 0.1) is 0 Å². The summed E-state index contributed by atoms with van der Waals surface area (Å²) in [6.07, 6.45) is 54.0. The van der Waals surface area contributed by atoms with Crippen LogP contribution < -0.4 is 0 Å². The third kappa shape index (κ3) is 42.6. The van der Waals surface area contributed by atoms with Gasteiger partial charge in [0.25, 0.3) is 0 Å². The Balaban J connectivity index is 4.15. The van der Waals surface area contributed by atoms with E-state index in [-0.39, 0.29) is 25.2 Å². The van der Waals surface area contributed by atoms with Crippen LogP contribution in [0.15, 0.2) is 48.6 Å². The van der Waals surface area contributed by atoms with E-state index < -0.39 is 6.10 Å². The maximum Gasteiger partial charge on any atom is 0.306 e. The van der Waals surface area contributed by atoms with Gasteiger partial charge in [0.15, 0.2) is 6.10 Å². The Bertz CT molecular complexity index is 904. The van der Waals surface area contributed by atoms with Crippen molar-refractivity contribution in [3.05, 3.63) is 48.6 Å². The predicted molar refractivity (Wildman–Crippen MR) is 233 cm³/mol. The molecule has 0 rings (SSSR count). The van der Waals surface area contributed by atoms with Crippen molar-refractivity contribution in [3.63, 3.8) is 0 Å². The summed E-state index contributed by atoms with van der Waals surface area (Å²) >= 11 is 0. The van der Waals surface area contributed by atoms with Crippen LogP contribution >= 0.6 is 0 Å². The fourth-order valence-electron chi connectivity index (χ4n) is 6.44. The highest BCUT2D eigenvalue weighted by molar-refractivity contribution is 5.70. The van der Waals surface area contributed by atoms with Crippen molar-refractivity contribution in [2.75, 3.05) is 19.8 Å². The van der Waals surface area contributed by atoms with Crippen molar-refractivity contribution in [3.8, 4) is 0 Å². The minimum Gasteiger partial charge on any atom is -0.462 e. The van der Waals surface area contributed by atoms with Gasteiger partial charge in [-0.1, -0.05) is 204 Å². The second kappa shape index (κ2) is 45.3. The third-order valence-electron chi connectivity index (χ3n) is 9.88. The topological polar surface area (TPSA) is 61.8 Å². The third-order valence-corrected chi connectivity index (χ3v) is 9.88. The summed E-state index contributed by atoms with van der Waals surface area (Å²) in [5.41, 5.74) is 0. The molecule has 0 heterocycles. The molecular formula is C49H88O5. The smallest absolute Gasteiger partial charge is 0.306 e. The molecule has 0 aliphatic rings. The lowest BCUT2D eigenvalue weighted by atomic mass is 10.1. The number of hydrogen-bond donors (Lipinski definition) is 0. The van der Waals surface area contributed by atoms with Crippen LogP contribution in [0.4, 0.5) is 0 Å². The van der Waals surface area contributed by atoms with E-state index in [4.69, 9.17) is 14.2 Å². The van der Waals surface area contributed by atoms with E-state index in [1.807, 2.05) is 0 Å². The first-order chi connectivity index (χ1) is 26.6. The molecule has 0 spiro atoms. The van der Waals surface area contributed by atoms with E-state index in [1.165, 1.54) is 128 Å². The molecule has 0 N–H and O–H groups in total. The molecule has 5 heteroatoms. The number of hydrogen-bond acceptors (Lipinski definition) is 5. The molecule has 0 aromatic carbocycles. The zero-order valence-electron chi connectivity index (χ0n) is 36.0. The lowest BCUT2D eigenvalue weighted by Gasteiger charge is -2.18. The molecule has 0 aromatic heterocycles. The van der Waals surface area contributed by atoms with Crippen molar-refractivity contribution in [2.45, 2.75) is 232 Å². The van der Waals surface area contributed by atoms with Crippen molar-refractivity contribution in [1.82, 2.24) is 0 Å². The molecule has 314 valence electrons. The Labute approximate surface area is 335 Å². The Kier molecular flexibility index (Phi) is 43.5. The number of allylic oxidation sites excluding steroid dienone is 8. The molecule has 0 radical (unpaired) electrons. The molecule has 0 bridgehead atoms. The molecule has 54 heavy (non-hydrogen) atoms. The Morgan fingerprint density at radius 3 is 1.33 bits per heavy atom. The monoisotopic (exact) mass is 757 g/mol. The number of carbonyl (C=O) groups is 2. The predicted octanol–water partition coefficient (Wildman–Crippen LogP) is 15.2. The lowest BCUT2D eigenvalue weighted by molar-refractivity contribution is -0.163. The number of ether oxygens (including phenoxy) is 3. The summed E-state index contributed by atoms with van der Waals surface area (Å²) in [5.74, 6) is -0.403. The standard InChI is InChI=1S/C49H88O5/c1-4-7-10-13-16-19-20-21-22-23-24-25-26-27-28-29-32-35-38-41-44-52-45-47(54-49(51)43-40-37-34-31-18-15-12-9-6-3)46-53-48(50)42-39-36-33-30-17-14-11-8-5-2/h7,10,16,19,21-22,24-25,47H,4-6,8-9,11-15,17-18,20,23,26-46H2,1-3H3/b10-7-,19-16-,22-21-,25-24-. The second-order valence-electron chi connectivity index (χ2n) is 15.3. The molecule has 0 fully saturated rings. The summed E-state index contributed by atoms with van der Waals surface area (Å²) in [6, 6.07) is 0. The minimum absolute atomic E-state index is 0.0840. The quantitative estimate of drug-likeness (QED) is 0.0353. The number of rotatable bonds is 42. The van der Waals surface area contributed by atoms with Crippen LogP contribution in [0.2, 0.25) is 0 Å². The maximum atomic E-state index is 12.7. The van der Waals surface area contributed by atoms with E-state index >= 15 is 0 Å². The van der Waals surface area contributed by atoms with Crippen molar-refractivity contribution >= 4 is 11.9 Å². The van der Waals surface area contributed by atoms with Gasteiger partial charge in [0.1, 0.15) is 6.61 Å². The second-order valence-corrected chi connectivity index (χ2v) is 15.3. The number of esters is 2. The van der Waals surface area contributed by atoms with E-state index in [9.17, 15) is 9.59 Å². The van der Waals surface area contributed by atoms with Crippen LogP contribution in [0.3, 0.4) is 0 Å². The van der Waals surface area contributed by atoms with Crippen LogP contribution in [0.25, 0.3) is 0 Å². The Morgan fingerprint density at radius 2 is 0.833 bits per heavy atom. The first-order valence-electron chi connectivity index (χ1n) is 23.2. The summed E-state index contributed by atoms with van der Waals surface area (Å²) in [5, 5.41) is 0. The van der Waals surface area contributed by atoms with Gasteiger partial charge in [0, 0.05) is 19.4 Å². The molecule has 0 aliphatic heterocycles. The van der Waals surface area contributed by atoms with Crippen LogP contribution in [0.1, 0.15) is 226 Å². The van der Waals surface area contributed by atoms with Crippen LogP contribution in [-0.4, -0.2) is 37.9 Å². The lowest BCUT2D eigenvalue weighted by Crippen LogP contribution is -2.30. The highest BCUT2D eigenvalue weighted by Crippen LogP contribution is 2.14. The van der Waals surface area contributed by atoms with Gasteiger partial charge in [-0.05, 0) is 57.8 Å². The molecular weight excluding hydrogens is 669 g/mol. The molecule has 0 saturated carbocycles. The molecule has 0 saturated heterocycles. The van der Waals surface area contributed by atoms with E-state index in [0.29, 0.717) is 19.4 Å². The van der Waals surface area contributed by atoms with Crippen molar-refractivity contribution in [2.24, 2.45) is 0 Å². The molecule has 0 aromatic rings. The number of unbranched alkanes of at least 4 members (excludes halogenated alkanes) is 23. The first kappa shape index (κ1) is 51.9. The van der Waals surface area contributed by atoms with Crippen LogP contribution in [-0.2, 0) is 23.8 Å². The van der Waals surface area contributed by atoms with Gasteiger partial charge >= 0.3 is 11.9 Å². The van der Waals surface area contributed by atoms with Gasteiger partial charge in [0.05, 0.1) is 6.61 Å². The average molecular weight is 757 g/mol.